The molecule has 3 aromatic rings. The van der Waals surface area contributed by atoms with E-state index in [1.54, 1.807) is 47.5 Å². The van der Waals surface area contributed by atoms with Crippen molar-refractivity contribution in [2.24, 2.45) is 0 Å². The number of aromatic nitrogens is 1. The Morgan fingerprint density at radius 3 is 2.26 bits per heavy atom. The standard InChI is InChI=1S/C21H22N2O3S/c1-15-5-8-17(9-6-15)27(25,26)23-14-19(21(24)11-12-22(3)4)18-10-7-16(2)13-20(18)23/h5-14H,1-4H3/b12-11+. The van der Waals surface area contributed by atoms with Crippen molar-refractivity contribution in [3.05, 3.63) is 77.6 Å². The van der Waals surface area contributed by atoms with Crippen molar-refractivity contribution >= 4 is 26.7 Å². The third-order valence-corrected chi connectivity index (χ3v) is 5.98. The Bertz CT molecular complexity index is 1140. The third-order valence-electron chi connectivity index (χ3n) is 4.29. The predicted octanol–water partition coefficient (Wildman–Crippen LogP) is 3.75. The Morgan fingerprint density at radius 2 is 1.63 bits per heavy atom. The van der Waals surface area contributed by atoms with Crippen LogP contribution in [0.1, 0.15) is 21.5 Å². The molecule has 0 N–H and O–H groups in total. The molecule has 0 spiro atoms. The number of hydrogen-bond donors (Lipinski definition) is 0. The molecule has 0 saturated heterocycles. The van der Waals surface area contributed by atoms with E-state index in [-0.39, 0.29) is 10.7 Å². The molecular weight excluding hydrogens is 360 g/mol. The second-order valence-corrected chi connectivity index (χ2v) is 8.64. The Morgan fingerprint density at radius 1 is 1.00 bits per heavy atom. The van der Waals surface area contributed by atoms with Gasteiger partial charge in [0.05, 0.1) is 10.4 Å². The van der Waals surface area contributed by atoms with E-state index in [1.807, 2.05) is 34.0 Å². The number of rotatable bonds is 5. The molecule has 6 heteroatoms. The molecule has 0 amide bonds. The summed E-state index contributed by atoms with van der Waals surface area (Å²) < 4.78 is 27.6. The van der Waals surface area contributed by atoms with Gasteiger partial charge in [-0.3, -0.25) is 4.79 Å². The second kappa shape index (κ2) is 7.04. The van der Waals surface area contributed by atoms with Gasteiger partial charge in [0.25, 0.3) is 10.0 Å². The molecule has 0 fully saturated rings. The molecule has 0 saturated carbocycles. The van der Waals surface area contributed by atoms with Crippen LogP contribution >= 0.6 is 0 Å². The van der Waals surface area contributed by atoms with E-state index in [4.69, 9.17) is 0 Å². The van der Waals surface area contributed by atoms with Gasteiger partial charge < -0.3 is 4.90 Å². The molecule has 0 bridgehead atoms. The minimum Gasteiger partial charge on any atom is -0.383 e. The third kappa shape index (κ3) is 3.66. The van der Waals surface area contributed by atoms with E-state index in [9.17, 15) is 13.2 Å². The minimum atomic E-state index is -3.81. The van der Waals surface area contributed by atoms with Gasteiger partial charge in [0.2, 0.25) is 0 Å². The van der Waals surface area contributed by atoms with E-state index < -0.39 is 10.0 Å². The summed E-state index contributed by atoms with van der Waals surface area (Å²) in [6, 6.07) is 12.1. The van der Waals surface area contributed by atoms with Gasteiger partial charge in [-0.15, -0.1) is 0 Å². The van der Waals surface area contributed by atoms with Gasteiger partial charge in [0.15, 0.2) is 5.78 Å². The van der Waals surface area contributed by atoms with Gasteiger partial charge in [0.1, 0.15) is 0 Å². The normalized spacial score (nSPS) is 12.0. The molecule has 2 aromatic carbocycles. The Labute approximate surface area is 159 Å². The molecule has 5 nitrogen and oxygen atoms in total. The van der Waals surface area contributed by atoms with Crippen molar-refractivity contribution < 1.29 is 13.2 Å². The minimum absolute atomic E-state index is 0.189. The average molecular weight is 382 g/mol. The molecule has 27 heavy (non-hydrogen) atoms. The van der Waals surface area contributed by atoms with E-state index in [0.29, 0.717) is 16.5 Å². The van der Waals surface area contributed by atoms with Gasteiger partial charge in [-0.25, -0.2) is 12.4 Å². The van der Waals surface area contributed by atoms with E-state index >= 15 is 0 Å². The molecule has 0 aliphatic rings. The molecule has 3 rings (SSSR count). The first-order valence-corrected chi connectivity index (χ1v) is 9.97. The van der Waals surface area contributed by atoms with E-state index in [0.717, 1.165) is 11.1 Å². The smallest absolute Gasteiger partial charge is 0.268 e. The summed E-state index contributed by atoms with van der Waals surface area (Å²) in [4.78, 5) is 14.6. The molecule has 1 heterocycles. The summed E-state index contributed by atoms with van der Waals surface area (Å²) in [7, 11) is -0.178. The highest BCUT2D eigenvalue weighted by molar-refractivity contribution is 7.90. The van der Waals surface area contributed by atoms with Crippen molar-refractivity contribution in [1.29, 1.82) is 0 Å². The lowest BCUT2D eigenvalue weighted by atomic mass is 10.1. The van der Waals surface area contributed by atoms with Crippen molar-refractivity contribution in [3.63, 3.8) is 0 Å². The fourth-order valence-corrected chi connectivity index (χ4v) is 4.19. The van der Waals surface area contributed by atoms with Crippen LogP contribution in [-0.2, 0) is 10.0 Å². The highest BCUT2D eigenvalue weighted by Crippen LogP contribution is 2.27. The number of carbonyl (C=O) groups is 1. The number of hydrogen-bond acceptors (Lipinski definition) is 4. The number of allylic oxidation sites excluding steroid dienone is 1. The molecule has 0 aliphatic heterocycles. The van der Waals surface area contributed by atoms with Crippen LogP contribution < -0.4 is 0 Å². The first kappa shape index (κ1) is 18.9. The van der Waals surface area contributed by atoms with Gasteiger partial charge in [-0.05, 0) is 37.6 Å². The van der Waals surface area contributed by atoms with Crippen LogP contribution in [0.3, 0.4) is 0 Å². The highest BCUT2D eigenvalue weighted by Gasteiger charge is 2.23. The molecule has 1 aromatic heterocycles. The van der Waals surface area contributed by atoms with Crippen molar-refractivity contribution in [2.75, 3.05) is 14.1 Å². The largest absolute Gasteiger partial charge is 0.383 e. The maximum absolute atomic E-state index is 13.2. The average Bonchev–Trinajstić information content (AvgIpc) is 2.99. The molecule has 0 aliphatic carbocycles. The van der Waals surface area contributed by atoms with Crippen LogP contribution in [-0.4, -0.2) is 37.2 Å². The number of fused-ring (bicyclic) bond motifs is 1. The zero-order valence-corrected chi connectivity index (χ0v) is 16.6. The summed E-state index contributed by atoms with van der Waals surface area (Å²) in [5, 5.41) is 0.615. The number of carbonyl (C=O) groups excluding carboxylic acids is 1. The molecule has 140 valence electrons. The number of ketones is 1. The fraction of sp³-hybridized carbons (Fsp3) is 0.190. The monoisotopic (exact) mass is 382 g/mol. The molecule has 0 atom stereocenters. The summed E-state index contributed by atoms with van der Waals surface area (Å²) in [5.74, 6) is -0.240. The summed E-state index contributed by atoms with van der Waals surface area (Å²) in [6.07, 6.45) is 4.51. The van der Waals surface area contributed by atoms with Crippen LogP contribution in [0.25, 0.3) is 10.9 Å². The first-order chi connectivity index (χ1) is 12.7. The Kier molecular flexibility index (Phi) is 4.93. The van der Waals surface area contributed by atoms with Crippen LogP contribution in [0, 0.1) is 13.8 Å². The number of nitrogens with zero attached hydrogens (tertiary/aromatic N) is 2. The van der Waals surface area contributed by atoms with Crippen LogP contribution in [0.2, 0.25) is 0 Å². The van der Waals surface area contributed by atoms with Crippen molar-refractivity contribution in [2.45, 2.75) is 18.7 Å². The van der Waals surface area contributed by atoms with Crippen LogP contribution in [0.5, 0.6) is 0 Å². The zero-order valence-electron chi connectivity index (χ0n) is 15.8. The van der Waals surface area contributed by atoms with Crippen LogP contribution in [0.15, 0.2) is 65.8 Å². The summed E-state index contributed by atoms with van der Waals surface area (Å²) in [5.41, 5.74) is 2.76. The lowest BCUT2D eigenvalue weighted by Gasteiger charge is -2.08. The second-order valence-electron chi connectivity index (χ2n) is 6.82. The number of aryl methyl sites for hydroxylation is 2. The fourth-order valence-electron chi connectivity index (χ4n) is 2.83. The topological polar surface area (TPSA) is 59.4 Å². The Balaban J connectivity index is 2.23. The van der Waals surface area contributed by atoms with Crippen molar-refractivity contribution in [3.8, 4) is 0 Å². The maximum Gasteiger partial charge on any atom is 0.268 e. The van der Waals surface area contributed by atoms with E-state index in [2.05, 4.69) is 0 Å². The zero-order chi connectivity index (χ0) is 19.8. The molecule has 0 radical (unpaired) electrons. The highest BCUT2D eigenvalue weighted by atomic mass is 32.2. The van der Waals surface area contributed by atoms with Gasteiger partial charge in [-0.2, -0.15) is 0 Å². The van der Waals surface area contributed by atoms with Gasteiger partial charge in [-0.1, -0.05) is 29.8 Å². The quantitative estimate of drug-likeness (QED) is 0.498. The number of benzene rings is 2. The lowest BCUT2D eigenvalue weighted by Crippen LogP contribution is -2.12. The van der Waals surface area contributed by atoms with Gasteiger partial charge in [0, 0.05) is 43.5 Å². The van der Waals surface area contributed by atoms with Crippen molar-refractivity contribution in [1.82, 2.24) is 8.87 Å². The Hall–Kier alpha value is -2.86. The summed E-state index contributed by atoms with van der Waals surface area (Å²) in [6.45, 7) is 3.79. The molecule has 0 unspecified atom stereocenters. The van der Waals surface area contributed by atoms with Crippen LogP contribution in [0.4, 0.5) is 0 Å². The molecular formula is C21H22N2O3S. The van der Waals surface area contributed by atoms with E-state index in [1.165, 1.54) is 16.2 Å². The van der Waals surface area contributed by atoms with Gasteiger partial charge >= 0.3 is 0 Å². The SMILES string of the molecule is Cc1ccc(S(=O)(=O)n2cc(C(=O)/C=C/N(C)C)c3ccc(C)cc32)cc1. The first-order valence-electron chi connectivity index (χ1n) is 8.53. The summed E-state index contributed by atoms with van der Waals surface area (Å²) >= 11 is 0. The maximum atomic E-state index is 13.2. The predicted molar refractivity (Wildman–Crippen MR) is 108 cm³/mol. The lowest BCUT2D eigenvalue weighted by molar-refractivity contribution is 0.104.